The molecule has 1 fully saturated rings. The Bertz CT molecular complexity index is 154. The Labute approximate surface area is 88.4 Å². The number of nitrogens with one attached hydrogen (secondary N) is 1. The zero-order valence-electron chi connectivity index (χ0n) is 9.94. The SMILES string of the molecule is CCC(C)CNCC1(CCOC)CC1. The van der Waals surface area contributed by atoms with Crippen LogP contribution in [0.1, 0.15) is 39.5 Å². The van der Waals surface area contributed by atoms with Gasteiger partial charge in [-0.05, 0) is 37.1 Å². The van der Waals surface area contributed by atoms with E-state index < -0.39 is 0 Å². The predicted octanol–water partition coefficient (Wildman–Crippen LogP) is 2.44. The average molecular weight is 199 g/mol. The third kappa shape index (κ3) is 3.97. The van der Waals surface area contributed by atoms with Crippen molar-refractivity contribution in [1.29, 1.82) is 0 Å². The summed E-state index contributed by atoms with van der Waals surface area (Å²) in [5.41, 5.74) is 0.601. The Morgan fingerprint density at radius 1 is 1.43 bits per heavy atom. The first kappa shape index (κ1) is 12.0. The maximum Gasteiger partial charge on any atom is 0.0468 e. The molecule has 1 N–H and O–H groups in total. The van der Waals surface area contributed by atoms with Gasteiger partial charge < -0.3 is 10.1 Å². The van der Waals surface area contributed by atoms with Crippen molar-refractivity contribution >= 4 is 0 Å². The van der Waals surface area contributed by atoms with Gasteiger partial charge in [0.1, 0.15) is 0 Å². The highest BCUT2D eigenvalue weighted by Gasteiger charge is 2.41. The van der Waals surface area contributed by atoms with Crippen LogP contribution in [0.2, 0.25) is 0 Å². The molecule has 0 bridgehead atoms. The van der Waals surface area contributed by atoms with E-state index in [-0.39, 0.29) is 0 Å². The molecule has 1 unspecified atom stereocenters. The summed E-state index contributed by atoms with van der Waals surface area (Å²) in [6, 6.07) is 0. The highest BCUT2D eigenvalue weighted by Crippen LogP contribution is 2.48. The first-order valence-corrected chi connectivity index (χ1v) is 5.92. The molecule has 0 aromatic heterocycles. The lowest BCUT2D eigenvalue weighted by Crippen LogP contribution is -2.28. The molecular weight excluding hydrogens is 174 g/mol. The third-order valence-corrected chi connectivity index (χ3v) is 3.48. The van der Waals surface area contributed by atoms with Crippen molar-refractivity contribution in [1.82, 2.24) is 5.32 Å². The van der Waals surface area contributed by atoms with Crippen LogP contribution in [0.15, 0.2) is 0 Å². The topological polar surface area (TPSA) is 21.3 Å². The fourth-order valence-corrected chi connectivity index (χ4v) is 1.74. The molecule has 2 nitrogen and oxygen atoms in total. The molecule has 0 radical (unpaired) electrons. The first-order valence-electron chi connectivity index (χ1n) is 5.92. The summed E-state index contributed by atoms with van der Waals surface area (Å²) in [6.07, 6.45) is 5.29. The van der Waals surface area contributed by atoms with Crippen molar-refractivity contribution in [3.63, 3.8) is 0 Å². The van der Waals surface area contributed by atoms with E-state index in [0.717, 1.165) is 12.5 Å². The number of ether oxygens (including phenoxy) is 1. The van der Waals surface area contributed by atoms with E-state index in [4.69, 9.17) is 4.74 Å². The maximum atomic E-state index is 5.14. The van der Waals surface area contributed by atoms with Crippen molar-refractivity contribution in [3.8, 4) is 0 Å². The van der Waals surface area contributed by atoms with E-state index in [1.54, 1.807) is 7.11 Å². The van der Waals surface area contributed by atoms with Crippen LogP contribution in [0, 0.1) is 11.3 Å². The van der Waals surface area contributed by atoms with Crippen molar-refractivity contribution < 1.29 is 4.74 Å². The lowest BCUT2D eigenvalue weighted by atomic mass is 10.0. The van der Waals surface area contributed by atoms with E-state index >= 15 is 0 Å². The summed E-state index contributed by atoms with van der Waals surface area (Å²) in [7, 11) is 1.79. The van der Waals surface area contributed by atoms with Gasteiger partial charge in [0.25, 0.3) is 0 Å². The Morgan fingerprint density at radius 2 is 2.14 bits per heavy atom. The van der Waals surface area contributed by atoms with Crippen LogP contribution in [0.5, 0.6) is 0 Å². The second-order valence-corrected chi connectivity index (χ2v) is 4.89. The summed E-state index contributed by atoms with van der Waals surface area (Å²) in [5, 5.41) is 3.59. The molecule has 0 spiro atoms. The van der Waals surface area contributed by atoms with Gasteiger partial charge in [0.2, 0.25) is 0 Å². The molecule has 1 saturated carbocycles. The van der Waals surface area contributed by atoms with Crippen LogP contribution in [0.3, 0.4) is 0 Å². The summed E-state index contributed by atoms with van der Waals surface area (Å²) in [6.45, 7) is 7.85. The lowest BCUT2D eigenvalue weighted by molar-refractivity contribution is 0.171. The Balaban J connectivity index is 2.05. The van der Waals surface area contributed by atoms with E-state index in [1.165, 1.54) is 38.8 Å². The minimum absolute atomic E-state index is 0.601. The molecule has 0 aliphatic heterocycles. The smallest absolute Gasteiger partial charge is 0.0468 e. The zero-order valence-corrected chi connectivity index (χ0v) is 9.94. The van der Waals surface area contributed by atoms with Gasteiger partial charge >= 0.3 is 0 Å². The Morgan fingerprint density at radius 3 is 2.64 bits per heavy atom. The van der Waals surface area contributed by atoms with Gasteiger partial charge in [-0.1, -0.05) is 20.3 Å². The Kier molecular flexibility index (Phi) is 4.90. The molecule has 0 saturated heterocycles. The van der Waals surface area contributed by atoms with Crippen molar-refractivity contribution in [2.24, 2.45) is 11.3 Å². The fourth-order valence-electron chi connectivity index (χ4n) is 1.74. The molecule has 0 amide bonds. The minimum Gasteiger partial charge on any atom is -0.385 e. The molecule has 0 heterocycles. The van der Waals surface area contributed by atoms with Gasteiger partial charge in [0.05, 0.1) is 0 Å². The lowest BCUT2D eigenvalue weighted by Gasteiger charge is -2.17. The third-order valence-electron chi connectivity index (χ3n) is 3.48. The second-order valence-electron chi connectivity index (χ2n) is 4.89. The highest BCUT2D eigenvalue weighted by molar-refractivity contribution is 4.94. The van der Waals surface area contributed by atoms with Crippen LogP contribution in [-0.4, -0.2) is 26.8 Å². The molecule has 1 atom stereocenters. The van der Waals surface area contributed by atoms with Gasteiger partial charge in [-0.3, -0.25) is 0 Å². The van der Waals surface area contributed by atoms with E-state index in [9.17, 15) is 0 Å². The van der Waals surface area contributed by atoms with Crippen molar-refractivity contribution in [2.45, 2.75) is 39.5 Å². The summed E-state index contributed by atoms with van der Waals surface area (Å²) < 4.78 is 5.14. The molecular formula is C12H25NO. The number of hydrogen-bond donors (Lipinski definition) is 1. The van der Waals surface area contributed by atoms with E-state index in [1.807, 2.05) is 0 Å². The van der Waals surface area contributed by atoms with Gasteiger partial charge in [-0.25, -0.2) is 0 Å². The van der Waals surface area contributed by atoms with Gasteiger partial charge in [0.15, 0.2) is 0 Å². The molecule has 1 aliphatic carbocycles. The highest BCUT2D eigenvalue weighted by atomic mass is 16.5. The Hall–Kier alpha value is -0.0800. The molecule has 2 heteroatoms. The van der Waals surface area contributed by atoms with Crippen LogP contribution in [0.25, 0.3) is 0 Å². The molecule has 0 aromatic carbocycles. The first-order chi connectivity index (χ1) is 6.72. The predicted molar refractivity (Wildman–Crippen MR) is 60.5 cm³/mol. The molecule has 14 heavy (non-hydrogen) atoms. The monoisotopic (exact) mass is 199 g/mol. The van der Waals surface area contributed by atoms with Crippen molar-refractivity contribution in [2.75, 3.05) is 26.8 Å². The van der Waals surface area contributed by atoms with Crippen LogP contribution in [0.4, 0.5) is 0 Å². The molecule has 1 aliphatic rings. The van der Waals surface area contributed by atoms with E-state index in [2.05, 4.69) is 19.2 Å². The fraction of sp³-hybridized carbons (Fsp3) is 1.00. The van der Waals surface area contributed by atoms with Crippen LogP contribution < -0.4 is 5.32 Å². The summed E-state index contributed by atoms with van der Waals surface area (Å²) in [4.78, 5) is 0. The van der Waals surface area contributed by atoms with Crippen LogP contribution >= 0.6 is 0 Å². The van der Waals surface area contributed by atoms with Crippen molar-refractivity contribution in [3.05, 3.63) is 0 Å². The zero-order chi connectivity index (χ0) is 10.4. The normalized spacial score (nSPS) is 20.8. The minimum atomic E-state index is 0.601. The van der Waals surface area contributed by atoms with Gasteiger partial charge in [-0.2, -0.15) is 0 Å². The largest absolute Gasteiger partial charge is 0.385 e. The average Bonchev–Trinajstić information content (AvgIpc) is 2.95. The van der Waals surface area contributed by atoms with Crippen LogP contribution in [-0.2, 0) is 4.74 Å². The summed E-state index contributed by atoms with van der Waals surface area (Å²) >= 11 is 0. The maximum absolute atomic E-state index is 5.14. The molecule has 0 aromatic rings. The molecule has 1 rings (SSSR count). The standard InChI is InChI=1S/C12H25NO/c1-4-11(2)9-13-10-12(5-6-12)7-8-14-3/h11,13H,4-10H2,1-3H3. The summed E-state index contributed by atoms with van der Waals surface area (Å²) in [5.74, 6) is 0.813. The number of hydrogen-bond acceptors (Lipinski definition) is 2. The second kappa shape index (κ2) is 5.72. The number of methoxy groups -OCH3 is 1. The number of rotatable bonds is 8. The van der Waals surface area contributed by atoms with Gasteiger partial charge in [-0.15, -0.1) is 0 Å². The molecule has 84 valence electrons. The van der Waals surface area contributed by atoms with Gasteiger partial charge in [0, 0.05) is 20.3 Å². The quantitative estimate of drug-likeness (QED) is 0.648. The van der Waals surface area contributed by atoms with E-state index in [0.29, 0.717) is 5.41 Å².